The number of aromatic hydroxyl groups is 1. The fraction of sp³-hybridized carbons (Fsp3) is 0.472. The van der Waals surface area contributed by atoms with E-state index >= 15 is 0 Å². The van der Waals surface area contributed by atoms with E-state index in [9.17, 15) is 4.79 Å². The fourth-order valence-electron chi connectivity index (χ4n) is 3.85. The molecule has 6 heteroatoms. The van der Waals surface area contributed by atoms with Gasteiger partial charge in [-0.25, -0.2) is 4.79 Å². The van der Waals surface area contributed by atoms with Crippen LogP contribution in [-0.4, -0.2) is 31.3 Å². The third kappa shape index (κ3) is 13.9. The number of carbonyl (C=O) groups excluding carboxylic acids is 1. The van der Waals surface area contributed by atoms with E-state index in [1.807, 2.05) is 50.2 Å². The molecule has 3 aromatic carbocycles. The predicted molar refractivity (Wildman–Crippen MR) is 172 cm³/mol. The van der Waals surface area contributed by atoms with E-state index in [0.717, 1.165) is 25.0 Å². The first-order chi connectivity index (χ1) is 20.1. The van der Waals surface area contributed by atoms with Crippen molar-refractivity contribution in [3.63, 3.8) is 0 Å². The Hall–Kier alpha value is -3.51. The molecular formula is C36H52O6. The largest absolute Gasteiger partial charge is 0.513 e. The Bertz CT molecular complexity index is 1110. The van der Waals surface area contributed by atoms with Gasteiger partial charge in [-0.2, -0.15) is 0 Å². The van der Waals surface area contributed by atoms with Crippen molar-refractivity contribution in [3.8, 4) is 17.2 Å². The summed E-state index contributed by atoms with van der Waals surface area (Å²) in [4.78, 5) is 10.8. The van der Waals surface area contributed by atoms with E-state index < -0.39 is 6.16 Å². The first kappa shape index (κ1) is 36.5. The summed E-state index contributed by atoms with van der Waals surface area (Å²) in [6.45, 7) is 17.6. The SMILES string of the molecule is CCC(C)c1ccc(O)cc1.CCC(C)c1ccc(OC(=O)OC)cc1.CCOC(C)Oc1ccc(C(C)CC)cc1. The maximum absolute atomic E-state index is 10.8. The smallest absolute Gasteiger partial charge is 0.508 e. The Balaban J connectivity index is 0.000000320. The summed E-state index contributed by atoms with van der Waals surface area (Å²) in [5.74, 6) is 3.45. The lowest BCUT2D eigenvalue weighted by molar-refractivity contribution is -0.0613. The number of hydrogen-bond donors (Lipinski definition) is 1. The number of benzene rings is 3. The summed E-state index contributed by atoms with van der Waals surface area (Å²) in [6.07, 6.45) is 2.53. The van der Waals surface area contributed by atoms with Crippen LogP contribution in [0.25, 0.3) is 0 Å². The molecule has 0 aliphatic rings. The summed E-state index contributed by atoms with van der Waals surface area (Å²) in [7, 11) is 1.29. The van der Waals surface area contributed by atoms with Gasteiger partial charge in [0.2, 0.25) is 0 Å². The lowest BCUT2D eigenvalue weighted by atomic mass is 9.99. The Kier molecular flexibility index (Phi) is 17.7. The molecule has 0 saturated heterocycles. The minimum absolute atomic E-state index is 0.181. The third-order valence-electron chi connectivity index (χ3n) is 7.27. The standard InChI is InChI=1S/C14H22O2.C12H16O3.C10H14O/c1-5-11(3)13-7-9-14(10-8-13)16-12(4)15-6-2;1-4-9(2)10-5-7-11(8-6-10)15-12(13)14-3;1-3-8(2)9-4-6-10(11)7-5-9/h7-12H,5-6H2,1-4H3;5-9H,4H2,1-3H3;4-8,11H,3H2,1-2H3. The number of phenols is 1. The molecule has 0 bridgehead atoms. The van der Waals surface area contributed by atoms with Gasteiger partial charge in [-0.15, -0.1) is 0 Å². The molecule has 0 aliphatic carbocycles. The molecule has 0 aromatic heterocycles. The van der Waals surface area contributed by atoms with Gasteiger partial charge in [0, 0.05) is 6.61 Å². The van der Waals surface area contributed by atoms with Gasteiger partial charge < -0.3 is 24.1 Å². The topological polar surface area (TPSA) is 74.2 Å². The molecule has 0 saturated carbocycles. The lowest BCUT2D eigenvalue weighted by Crippen LogP contribution is -2.15. The number of ether oxygens (including phenoxy) is 4. The number of phenolic OH excluding ortho intramolecular Hbond substituents is 1. The molecule has 4 atom stereocenters. The predicted octanol–water partition coefficient (Wildman–Crippen LogP) is 10.2. The van der Waals surface area contributed by atoms with E-state index in [0.29, 0.717) is 35.9 Å². The zero-order valence-corrected chi connectivity index (χ0v) is 27.1. The van der Waals surface area contributed by atoms with E-state index in [-0.39, 0.29) is 6.29 Å². The van der Waals surface area contributed by atoms with Gasteiger partial charge in [-0.3, -0.25) is 0 Å². The van der Waals surface area contributed by atoms with Crippen LogP contribution in [0, 0.1) is 0 Å². The van der Waals surface area contributed by atoms with Crippen molar-refractivity contribution in [2.45, 2.75) is 98.7 Å². The average molecular weight is 581 g/mol. The molecule has 0 amide bonds. The highest BCUT2D eigenvalue weighted by molar-refractivity contribution is 5.63. The van der Waals surface area contributed by atoms with Gasteiger partial charge in [-0.05, 0) is 104 Å². The van der Waals surface area contributed by atoms with Gasteiger partial charge in [0.05, 0.1) is 7.11 Å². The Morgan fingerprint density at radius 1 is 0.643 bits per heavy atom. The van der Waals surface area contributed by atoms with Crippen molar-refractivity contribution in [2.75, 3.05) is 13.7 Å². The van der Waals surface area contributed by atoms with Crippen LogP contribution in [0.4, 0.5) is 4.79 Å². The van der Waals surface area contributed by atoms with Gasteiger partial charge in [0.25, 0.3) is 0 Å². The first-order valence-corrected chi connectivity index (χ1v) is 15.1. The van der Waals surface area contributed by atoms with Crippen LogP contribution in [0.3, 0.4) is 0 Å². The molecule has 0 aliphatic heterocycles. The van der Waals surface area contributed by atoms with Crippen molar-refractivity contribution < 1.29 is 28.8 Å². The Morgan fingerprint density at radius 2 is 1.02 bits per heavy atom. The van der Waals surface area contributed by atoms with Crippen LogP contribution in [0.5, 0.6) is 17.2 Å². The molecular weight excluding hydrogens is 528 g/mol. The molecule has 4 unspecified atom stereocenters. The normalized spacial score (nSPS) is 13.2. The van der Waals surface area contributed by atoms with Crippen molar-refractivity contribution >= 4 is 6.16 Å². The quantitative estimate of drug-likeness (QED) is 0.138. The second kappa shape index (κ2) is 20.4. The van der Waals surface area contributed by atoms with Crippen LogP contribution in [-0.2, 0) is 9.47 Å². The molecule has 0 spiro atoms. The van der Waals surface area contributed by atoms with Crippen molar-refractivity contribution in [1.29, 1.82) is 0 Å². The number of rotatable bonds is 11. The van der Waals surface area contributed by atoms with Gasteiger partial charge in [0.15, 0.2) is 6.29 Å². The zero-order valence-electron chi connectivity index (χ0n) is 27.1. The second-order valence-electron chi connectivity index (χ2n) is 10.4. The van der Waals surface area contributed by atoms with Crippen LogP contribution < -0.4 is 9.47 Å². The van der Waals surface area contributed by atoms with Gasteiger partial charge >= 0.3 is 6.16 Å². The molecule has 0 radical (unpaired) electrons. The molecule has 42 heavy (non-hydrogen) atoms. The monoisotopic (exact) mass is 580 g/mol. The van der Waals surface area contributed by atoms with E-state index in [1.54, 1.807) is 24.3 Å². The summed E-state index contributed by atoms with van der Waals surface area (Å²) >= 11 is 0. The summed E-state index contributed by atoms with van der Waals surface area (Å²) < 4.78 is 20.2. The fourth-order valence-corrected chi connectivity index (χ4v) is 3.85. The number of carbonyl (C=O) groups is 1. The van der Waals surface area contributed by atoms with Crippen LogP contribution >= 0.6 is 0 Å². The van der Waals surface area contributed by atoms with Crippen LogP contribution in [0.1, 0.15) is 109 Å². The minimum Gasteiger partial charge on any atom is -0.508 e. The van der Waals surface area contributed by atoms with E-state index in [4.69, 9.17) is 19.3 Å². The summed E-state index contributed by atoms with van der Waals surface area (Å²) in [5, 5.41) is 9.01. The Morgan fingerprint density at radius 3 is 1.38 bits per heavy atom. The third-order valence-corrected chi connectivity index (χ3v) is 7.27. The highest BCUT2D eigenvalue weighted by atomic mass is 16.7. The molecule has 3 aromatic rings. The lowest BCUT2D eigenvalue weighted by Gasteiger charge is -2.15. The van der Waals surface area contributed by atoms with Crippen molar-refractivity contribution in [1.82, 2.24) is 0 Å². The summed E-state index contributed by atoms with van der Waals surface area (Å²) in [5.41, 5.74) is 3.90. The molecule has 232 valence electrons. The number of hydrogen-bond acceptors (Lipinski definition) is 6. The van der Waals surface area contributed by atoms with Crippen LogP contribution in [0.15, 0.2) is 72.8 Å². The number of methoxy groups -OCH3 is 1. The summed E-state index contributed by atoms with van der Waals surface area (Å²) in [6, 6.07) is 23.2. The van der Waals surface area contributed by atoms with Crippen molar-refractivity contribution in [3.05, 3.63) is 89.5 Å². The minimum atomic E-state index is -0.689. The van der Waals surface area contributed by atoms with E-state index in [2.05, 4.69) is 58.4 Å². The maximum Gasteiger partial charge on any atom is 0.513 e. The Labute approximate surface area is 254 Å². The zero-order chi connectivity index (χ0) is 31.5. The van der Waals surface area contributed by atoms with Crippen molar-refractivity contribution in [2.24, 2.45) is 0 Å². The van der Waals surface area contributed by atoms with E-state index in [1.165, 1.54) is 23.8 Å². The molecule has 0 fully saturated rings. The maximum atomic E-state index is 10.8. The molecule has 6 nitrogen and oxygen atoms in total. The van der Waals surface area contributed by atoms with Gasteiger partial charge in [-0.1, -0.05) is 77.9 Å². The highest BCUT2D eigenvalue weighted by Crippen LogP contribution is 2.23. The molecule has 0 heterocycles. The molecule has 1 N–H and O–H groups in total. The average Bonchev–Trinajstić information content (AvgIpc) is 3.01. The highest BCUT2D eigenvalue weighted by Gasteiger charge is 2.07. The molecule has 3 rings (SSSR count). The van der Waals surface area contributed by atoms with Crippen LogP contribution in [0.2, 0.25) is 0 Å². The van der Waals surface area contributed by atoms with Gasteiger partial charge in [0.1, 0.15) is 17.2 Å². The second-order valence-corrected chi connectivity index (χ2v) is 10.4. The first-order valence-electron chi connectivity index (χ1n) is 15.1.